The molecule has 0 bridgehead atoms. The summed E-state index contributed by atoms with van der Waals surface area (Å²) in [6.45, 7) is 0. The summed E-state index contributed by atoms with van der Waals surface area (Å²) in [4.78, 5) is 19.7. The van der Waals surface area contributed by atoms with Crippen molar-refractivity contribution in [1.29, 1.82) is 0 Å². The summed E-state index contributed by atoms with van der Waals surface area (Å²) >= 11 is 0. The Morgan fingerprint density at radius 1 is 1.06 bits per heavy atom. The van der Waals surface area contributed by atoms with E-state index in [-0.39, 0.29) is 17.3 Å². The van der Waals surface area contributed by atoms with Crippen LogP contribution in [0.4, 0.5) is 18.9 Å². The number of pyridine rings is 1. The number of benzene rings is 1. The third kappa shape index (κ3) is 3.72. The van der Waals surface area contributed by atoms with Crippen molar-refractivity contribution >= 4 is 22.5 Å². The van der Waals surface area contributed by atoms with Gasteiger partial charge in [0.05, 0.1) is 35.0 Å². The lowest BCUT2D eigenvalue weighted by Gasteiger charge is -2.21. The second-order valence-electron chi connectivity index (χ2n) is 7.91. The Bertz CT molecular complexity index is 1310. The molecule has 1 aliphatic carbocycles. The number of fused-ring (bicyclic) bond motifs is 1. The molecule has 0 aliphatic heterocycles. The quantitative estimate of drug-likeness (QED) is 0.474. The average Bonchev–Trinajstić information content (AvgIpc) is 3.43. The van der Waals surface area contributed by atoms with E-state index in [4.69, 9.17) is 0 Å². The van der Waals surface area contributed by atoms with Gasteiger partial charge < -0.3 is 10.3 Å². The van der Waals surface area contributed by atoms with Crippen molar-refractivity contribution in [3.63, 3.8) is 0 Å². The Hall–Kier alpha value is -3.69. The number of aromatic amines is 1. The zero-order valence-corrected chi connectivity index (χ0v) is 16.9. The van der Waals surface area contributed by atoms with Crippen molar-refractivity contribution in [3.05, 3.63) is 65.6 Å². The summed E-state index contributed by atoms with van der Waals surface area (Å²) in [5, 5.41) is 10.6. The van der Waals surface area contributed by atoms with Crippen molar-refractivity contribution in [2.45, 2.75) is 38.0 Å². The largest absolute Gasteiger partial charge is 0.359 e. The van der Waals surface area contributed by atoms with E-state index >= 15 is 0 Å². The highest BCUT2D eigenvalue weighted by molar-refractivity contribution is 6.07. The number of anilines is 1. The fourth-order valence-corrected chi connectivity index (χ4v) is 4.14. The number of nitrogens with zero attached hydrogens (tertiary/aromatic N) is 4. The molecule has 2 N–H and O–H groups in total. The maximum absolute atomic E-state index is 14.7. The molecule has 1 aliphatic rings. The second-order valence-corrected chi connectivity index (χ2v) is 7.91. The number of amides is 1. The first-order valence-electron chi connectivity index (χ1n) is 10.4. The van der Waals surface area contributed by atoms with Crippen LogP contribution in [0.5, 0.6) is 0 Å². The minimum atomic E-state index is -1.02. The van der Waals surface area contributed by atoms with E-state index in [1.165, 1.54) is 35.8 Å². The van der Waals surface area contributed by atoms with Crippen molar-refractivity contribution < 1.29 is 18.0 Å². The van der Waals surface area contributed by atoms with Gasteiger partial charge in [0, 0.05) is 29.6 Å². The molecule has 0 atom stereocenters. The molecule has 1 amide bonds. The Morgan fingerprint density at radius 2 is 1.84 bits per heavy atom. The van der Waals surface area contributed by atoms with Crippen molar-refractivity contribution in [2.75, 3.05) is 5.32 Å². The molecule has 0 unspecified atom stereocenters. The van der Waals surface area contributed by atoms with Crippen molar-refractivity contribution in [1.82, 2.24) is 25.0 Å². The number of hydrogen-bond donors (Lipinski definition) is 2. The van der Waals surface area contributed by atoms with Crippen molar-refractivity contribution in [3.8, 4) is 5.69 Å². The van der Waals surface area contributed by atoms with Gasteiger partial charge in [-0.3, -0.25) is 9.78 Å². The van der Waals surface area contributed by atoms with E-state index in [9.17, 15) is 18.0 Å². The first-order valence-corrected chi connectivity index (χ1v) is 10.4. The van der Waals surface area contributed by atoms with Gasteiger partial charge in [0.2, 0.25) is 0 Å². The molecule has 0 radical (unpaired) electrons. The van der Waals surface area contributed by atoms with Gasteiger partial charge in [-0.25, -0.2) is 17.9 Å². The molecule has 1 aromatic carbocycles. The van der Waals surface area contributed by atoms with Gasteiger partial charge >= 0.3 is 0 Å². The van der Waals surface area contributed by atoms with Crippen LogP contribution in [0.15, 0.2) is 36.8 Å². The number of aromatic nitrogens is 5. The predicted molar refractivity (Wildman–Crippen MR) is 111 cm³/mol. The summed E-state index contributed by atoms with van der Waals surface area (Å²) in [5.74, 6) is -2.89. The lowest BCUT2D eigenvalue weighted by Crippen LogP contribution is -2.12. The highest BCUT2D eigenvalue weighted by Crippen LogP contribution is 2.33. The number of hydrogen-bond acceptors (Lipinski definition) is 4. The van der Waals surface area contributed by atoms with Gasteiger partial charge in [0.1, 0.15) is 5.82 Å². The predicted octanol–water partition coefficient (Wildman–Crippen LogP) is 4.86. The van der Waals surface area contributed by atoms with Gasteiger partial charge in [-0.15, -0.1) is 5.10 Å². The summed E-state index contributed by atoms with van der Waals surface area (Å²) in [6.07, 6.45) is 9.48. The minimum absolute atomic E-state index is 0.0290. The molecule has 3 aromatic heterocycles. The van der Waals surface area contributed by atoms with Gasteiger partial charge in [0.25, 0.3) is 5.91 Å². The summed E-state index contributed by atoms with van der Waals surface area (Å²) in [6, 6.07) is 3.34. The first kappa shape index (κ1) is 20.2. The molecule has 0 saturated heterocycles. The van der Waals surface area contributed by atoms with Crippen LogP contribution in [-0.2, 0) is 0 Å². The molecule has 3 heterocycles. The standard InChI is InChI=1S/C22H19F3N6O/c23-15-7-14-18(8-16(15)24)26-10-19(14)28-22(32)20-11-31(30-29-20)13-6-17(25)21(27-9-13)12-4-2-1-3-5-12/h6-12,26H,1-5H2,(H,28,32). The lowest BCUT2D eigenvalue weighted by atomic mass is 9.86. The van der Waals surface area contributed by atoms with Crippen LogP contribution in [0, 0.1) is 17.5 Å². The number of H-pyrrole nitrogens is 1. The SMILES string of the molecule is O=C(Nc1c[nH]c2cc(F)c(F)cc12)c1cn(-c2cnc(C3CCCCC3)c(F)c2)nn1. The molecule has 7 nitrogen and oxygen atoms in total. The maximum atomic E-state index is 14.7. The third-order valence-electron chi connectivity index (χ3n) is 5.81. The first-order chi connectivity index (χ1) is 15.5. The fourth-order valence-electron chi connectivity index (χ4n) is 4.14. The van der Waals surface area contributed by atoms with Gasteiger partial charge in [-0.2, -0.15) is 0 Å². The zero-order valence-electron chi connectivity index (χ0n) is 16.9. The fraction of sp³-hybridized carbons (Fsp3) is 0.273. The Kier molecular flexibility index (Phi) is 5.12. The number of halogens is 3. The van der Waals surface area contributed by atoms with Gasteiger partial charge in [-0.05, 0) is 18.9 Å². The molecule has 5 rings (SSSR count). The Balaban J connectivity index is 1.35. The van der Waals surface area contributed by atoms with E-state index in [1.54, 1.807) is 0 Å². The van der Waals surface area contributed by atoms with E-state index in [0.717, 1.165) is 37.8 Å². The van der Waals surface area contributed by atoms with Crippen molar-refractivity contribution in [2.24, 2.45) is 0 Å². The third-order valence-corrected chi connectivity index (χ3v) is 5.81. The van der Waals surface area contributed by atoms with Crippen LogP contribution in [0.25, 0.3) is 16.6 Å². The van der Waals surface area contributed by atoms with Crippen LogP contribution < -0.4 is 5.32 Å². The molecule has 0 spiro atoms. The second kappa shape index (κ2) is 8.10. The van der Waals surface area contributed by atoms with Crippen LogP contribution >= 0.6 is 0 Å². The molecule has 164 valence electrons. The number of nitrogens with one attached hydrogen (secondary N) is 2. The van der Waals surface area contributed by atoms with E-state index in [1.807, 2.05) is 0 Å². The Labute approximate surface area is 180 Å². The molecule has 4 aromatic rings. The van der Waals surface area contributed by atoms with E-state index in [0.29, 0.717) is 22.3 Å². The van der Waals surface area contributed by atoms with Crippen LogP contribution in [0.2, 0.25) is 0 Å². The summed E-state index contributed by atoms with van der Waals surface area (Å²) in [5.41, 5.74) is 1.39. The summed E-state index contributed by atoms with van der Waals surface area (Å²) < 4.78 is 42.9. The van der Waals surface area contributed by atoms with Crippen LogP contribution in [0.3, 0.4) is 0 Å². The highest BCUT2D eigenvalue weighted by atomic mass is 19.2. The lowest BCUT2D eigenvalue weighted by molar-refractivity contribution is 0.102. The molecule has 32 heavy (non-hydrogen) atoms. The molecular formula is C22H19F3N6O. The minimum Gasteiger partial charge on any atom is -0.359 e. The number of carbonyl (C=O) groups excluding carboxylic acids is 1. The zero-order chi connectivity index (χ0) is 22.2. The molecule has 10 heteroatoms. The summed E-state index contributed by atoms with van der Waals surface area (Å²) in [7, 11) is 0. The topological polar surface area (TPSA) is 88.5 Å². The van der Waals surface area contributed by atoms with Gasteiger partial charge in [-0.1, -0.05) is 24.5 Å². The normalized spacial score (nSPS) is 14.7. The smallest absolute Gasteiger partial charge is 0.277 e. The number of rotatable bonds is 4. The average molecular weight is 440 g/mol. The van der Waals surface area contributed by atoms with Crippen LogP contribution in [-0.4, -0.2) is 30.9 Å². The Morgan fingerprint density at radius 3 is 2.62 bits per heavy atom. The molecular weight excluding hydrogens is 421 g/mol. The molecule has 1 saturated carbocycles. The molecule has 1 fully saturated rings. The highest BCUT2D eigenvalue weighted by Gasteiger charge is 2.21. The van der Waals surface area contributed by atoms with Crippen LogP contribution in [0.1, 0.15) is 54.2 Å². The number of carbonyl (C=O) groups is 1. The van der Waals surface area contributed by atoms with E-state index in [2.05, 4.69) is 25.6 Å². The maximum Gasteiger partial charge on any atom is 0.277 e. The van der Waals surface area contributed by atoms with E-state index < -0.39 is 23.4 Å². The van der Waals surface area contributed by atoms with Gasteiger partial charge in [0.15, 0.2) is 17.3 Å². The monoisotopic (exact) mass is 440 g/mol.